The zero-order chi connectivity index (χ0) is 26.0. The molecule has 0 bridgehead atoms. The van der Waals surface area contributed by atoms with E-state index < -0.39 is 23.4 Å². The molecule has 2 aromatic rings. The number of nitrogens with zero attached hydrogens (tertiary/aromatic N) is 2. The Balaban J connectivity index is 1.77. The third-order valence-electron chi connectivity index (χ3n) is 7.75. The highest BCUT2D eigenvalue weighted by atomic mass is 127. The van der Waals surface area contributed by atoms with Crippen LogP contribution in [0.2, 0.25) is 0 Å². The summed E-state index contributed by atoms with van der Waals surface area (Å²) < 4.78 is 53.3. The van der Waals surface area contributed by atoms with E-state index in [1.54, 1.807) is 0 Å². The highest BCUT2D eigenvalue weighted by Crippen LogP contribution is 2.61. The van der Waals surface area contributed by atoms with Gasteiger partial charge in [0.25, 0.3) is 0 Å². The quantitative estimate of drug-likeness (QED) is 0.193. The third-order valence-corrected chi connectivity index (χ3v) is 9.81. The molecule has 0 radical (unpaired) electrons. The SMILES string of the molecule is CSOC1CC(C)(C)Cc2nc(C(C)C)c3c(c21)C1(CCCC1I)O[C@@H]3c1ccc(C(F)(F)F)cn1. The van der Waals surface area contributed by atoms with Crippen molar-refractivity contribution in [2.75, 3.05) is 6.26 Å². The van der Waals surface area contributed by atoms with Crippen molar-refractivity contribution in [1.29, 1.82) is 0 Å². The minimum absolute atomic E-state index is 0.0449. The van der Waals surface area contributed by atoms with E-state index >= 15 is 0 Å². The maximum absolute atomic E-state index is 13.3. The molecule has 5 rings (SSSR count). The average molecular weight is 633 g/mol. The Morgan fingerprint density at radius 2 is 1.97 bits per heavy atom. The van der Waals surface area contributed by atoms with Gasteiger partial charge in [-0.2, -0.15) is 13.2 Å². The first-order valence-electron chi connectivity index (χ1n) is 12.5. The topological polar surface area (TPSA) is 44.2 Å². The zero-order valence-electron chi connectivity index (χ0n) is 21.2. The first-order chi connectivity index (χ1) is 16.9. The van der Waals surface area contributed by atoms with Crippen LogP contribution in [0.25, 0.3) is 0 Å². The molecule has 4 atom stereocenters. The van der Waals surface area contributed by atoms with Crippen LogP contribution in [0, 0.1) is 5.41 Å². The summed E-state index contributed by atoms with van der Waals surface area (Å²) in [7, 11) is 0. The Bertz CT molecular complexity index is 1160. The van der Waals surface area contributed by atoms with Gasteiger partial charge in [-0.05, 0) is 67.6 Å². The molecule has 36 heavy (non-hydrogen) atoms. The van der Waals surface area contributed by atoms with Gasteiger partial charge in [-0.3, -0.25) is 9.97 Å². The summed E-state index contributed by atoms with van der Waals surface area (Å²) in [6, 6.07) is 2.57. The third kappa shape index (κ3) is 4.39. The summed E-state index contributed by atoms with van der Waals surface area (Å²) >= 11 is 3.88. The fourth-order valence-corrected chi connectivity index (χ4v) is 7.87. The van der Waals surface area contributed by atoms with E-state index in [0.29, 0.717) is 5.69 Å². The van der Waals surface area contributed by atoms with E-state index in [1.807, 2.05) is 6.26 Å². The summed E-state index contributed by atoms with van der Waals surface area (Å²) in [6.07, 6.45) is 2.41. The highest BCUT2D eigenvalue weighted by Gasteiger charge is 2.57. The van der Waals surface area contributed by atoms with Gasteiger partial charge >= 0.3 is 6.18 Å². The first-order valence-corrected chi connectivity index (χ1v) is 14.9. The molecule has 2 aliphatic carbocycles. The van der Waals surface area contributed by atoms with Crippen molar-refractivity contribution in [3.05, 3.63) is 57.7 Å². The molecule has 3 unspecified atom stereocenters. The summed E-state index contributed by atoms with van der Waals surface area (Å²) in [5, 5.41) is 0. The second kappa shape index (κ2) is 9.38. The van der Waals surface area contributed by atoms with E-state index in [-0.39, 0.29) is 21.4 Å². The van der Waals surface area contributed by atoms with Crippen LogP contribution in [-0.2, 0) is 27.1 Å². The van der Waals surface area contributed by atoms with E-state index in [0.717, 1.165) is 66.9 Å². The molecule has 2 aromatic heterocycles. The van der Waals surface area contributed by atoms with Gasteiger partial charge < -0.3 is 8.92 Å². The smallest absolute Gasteiger partial charge is 0.355 e. The Kier molecular flexibility index (Phi) is 6.95. The Labute approximate surface area is 228 Å². The lowest BCUT2D eigenvalue weighted by Gasteiger charge is -2.40. The molecule has 9 heteroatoms. The summed E-state index contributed by atoms with van der Waals surface area (Å²) in [5.74, 6) is 0.124. The fraction of sp³-hybridized carbons (Fsp3) is 0.630. The molecule has 4 nitrogen and oxygen atoms in total. The van der Waals surface area contributed by atoms with E-state index in [1.165, 1.54) is 23.7 Å². The number of alkyl halides is 4. The predicted octanol–water partition coefficient (Wildman–Crippen LogP) is 8.23. The highest BCUT2D eigenvalue weighted by molar-refractivity contribution is 14.1. The molecule has 0 aromatic carbocycles. The van der Waals surface area contributed by atoms with E-state index in [9.17, 15) is 13.2 Å². The number of hydrogen-bond acceptors (Lipinski definition) is 5. The van der Waals surface area contributed by atoms with Crippen molar-refractivity contribution < 1.29 is 22.1 Å². The van der Waals surface area contributed by atoms with E-state index in [4.69, 9.17) is 13.9 Å². The molecule has 0 N–H and O–H groups in total. The Morgan fingerprint density at radius 1 is 1.22 bits per heavy atom. The molecule has 196 valence electrons. The van der Waals surface area contributed by atoms with Crippen LogP contribution in [0.4, 0.5) is 13.2 Å². The predicted molar refractivity (Wildman–Crippen MR) is 143 cm³/mol. The average Bonchev–Trinajstić information content (AvgIpc) is 3.33. The van der Waals surface area contributed by atoms with Gasteiger partial charge in [0.15, 0.2) is 0 Å². The minimum Gasteiger partial charge on any atom is -0.355 e. The number of rotatable bonds is 4. The van der Waals surface area contributed by atoms with Gasteiger partial charge in [-0.1, -0.05) is 50.3 Å². The molecule has 1 fully saturated rings. The van der Waals surface area contributed by atoms with Crippen LogP contribution >= 0.6 is 34.6 Å². The molecule has 0 amide bonds. The van der Waals surface area contributed by atoms with Crippen molar-refractivity contribution in [3.8, 4) is 0 Å². The van der Waals surface area contributed by atoms with Crippen molar-refractivity contribution in [3.63, 3.8) is 0 Å². The molecular formula is C27H32F3IN2O2S. The van der Waals surface area contributed by atoms with Crippen LogP contribution in [0.5, 0.6) is 0 Å². The number of ether oxygens (including phenoxy) is 1. The standard InChI is InChI=1S/C27H32F3IN2O2S/c1-14(2)23-21-22(20-17(33-23)11-25(3,4)12-18(20)35-36-5)26(10-6-7-19(26)31)34-24(21)16-9-8-15(13-32-16)27(28,29)30/h8-9,13-14,18-19,24H,6-7,10-12H2,1-5H3/t18?,19?,24-,26?/m1/s1. The molecule has 3 aliphatic rings. The van der Waals surface area contributed by atoms with Crippen LogP contribution in [0.15, 0.2) is 18.3 Å². The maximum Gasteiger partial charge on any atom is 0.417 e. The monoisotopic (exact) mass is 632 g/mol. The van der Waals surface area contributed by atoms with Gasteiger partial charge in [0, 0.05) is 44.5 Å². The van der Waals surface area contributed by atoms with Crippen molar-refractivity contribution in [1.82, 2.24) is 9.97 Å². The Morgan fingerprint density at radius 3 is 2.53 bits per heavy atom. The number of aromatic nitrogens is 2. The Hall–Kier alpha value is -0.910. The fourth-order valence-electron chi connectivity index (χ4n) is 6.27. The van der Waals surface area contributed by atoms with Gasteiger partial charge in [-0.15, -0.1) is 0 Å². The lowest BCUT2D eigenvalue weighted by molar-refractivity contribution is -0.137. The number of fused-ring (bicyclic) bond motifs is 4. The first kappa shape index (κ1) is 26.7. The minimum atomic E-state index is -4.43. The van der Waals surface area contributed by atoms with Crippen molar-refractivity contribution >= 4 is 34.6 Å². The van der Waals surface area contributed by atoms with Gasteiger partial charge in [0.1, 0.15) is 11.7 Å². The van der Waals surface area contributed by atoms with Crippen LogP contribution in [-0.4, -0.2) is 20.1 Å². The van der Waals surface area contributed by atoms with E-state index in [2.05, 4.69) is 55.3 Å². The second-order valence-electron chi connectivity index (χ2n) is 11.3. The normalized spacial score (nSPS) is 29.1. The number of hydrogen-bond donors (Lipinski definition) is 0. The van der Waals surface area contributed by atoms with Crippen LogP contribution in [0.3, 0.4) is 0 Å². The molecule has 1 aliphatic heterocycles. The maximum atomic E-state index is 13.3. The molecular weight excluding hydrogens is 600 g/mol. The largest absolute Gasteiger partial charge is 0.417 e. The van der Waals surface area contributed by atoms with Crippen molar-refractivity contribution in [2.45, 2.75) is 93.6 Å². The molecule has 0 saturated heterocycles. The van der Waals surface area contributed by atoms with Crippen LogP contribution < -0.4 is 0 Å². The summed E-state index contributed by atoms with van der Waals surface area (Å²) in [5.41, 5.74) is 4.61. The summed E-state index contributed by atoms with van der Waals surface area (Å²) in [6.45, 7) is 8.76. The van der Waals surface area contributed by atoms with Crippen LogP contribution in [0.1, 0.15) is 111 Å². The van der Waals surface area contributed by atoms with Gasteiger partial charge in [0.05, 0.1) is 17.4 Å². The molecule has 1 saturated carbocycles. The number of pyridine rings is 2. The molecule has 3 heterocycles. The number of halogens is 4. The summed E-state index contributed by atoms with van der Waals surface area (Å²) in [4.78, 5) is 9.53. The zero-order valence-corrected chi connectivity index (χ0v) is 24.2. The van der Waals surface area contributed by atoms with Gasteiger partial charge in [0.2, 0.25) is 0 Å². The second-order valence-corrected chi connectivity index (χ2v) is 13.3. The lowest BCUT2D eigenvalue weighted by Crippen LogP contribution is -2.36. The molecule has 1 spiro atoms. The lowest BCUT2D eigenvalue weighted by atomic mass is 9.70. The van der Waals surface area contributed by atoms with Gasteiger partial charge in [-0.25, -0.2) is 0 Å². The van der Waals surface area contributed by atoms with Crippen molar-refractivity contribution in [2.24, 2.45) is 5.41 Å².